The maximum Gasteiger partial charge on any atom is 0.234 e. The Labute approximate surface area is 112 Å². The van der Waals surface area contributed by atoms with Gasteiger partial charge in [0.1, 0.15) is 0 Å². The van der Waals surface area contributed by atoms with Crippen molar-refractivity contribution in [2.24, 2.45) is 0 Å². The summed E-state index contributed by atoms with van der Waals surface area (Å²) in [5, 5.41) is 0. The molecule has 0 heterocycles. The van der Waals surface area contributed by atoms with Crippen LogP contribution >= 0.6 is 10.7 Å². The lowest BCUT2D eigenvalue weighted by molar-refractivity contribution is 0.0150. The van der Waals surface area contributed by atoms with Gasteiger partial charge in [-0.2, -0.15) is 0 Å². The number of halogens is 1. The molecular weight excluding hydrogens is 276 g/mol. The van der Waals surface area contributed by atoms with E-state index in [0.29, 0.717) is 13.2 Å². The zero-order chi connectivity index (χ0) is 13.4. The first kappa shape index (κ1) is 15.4. The first-order chi connectivity index (χ1) is 8.49. The van der Waals surface area contributed by atoms with Gasteiger partial charge in [-0.25, -0.2) is 8.42 Å². The Morgan fingerprint density at radius 1 is 1.17 bits per heavy atom. The summed E-state index contributed by atoms with van der Waals surface area (Å²) in [5.74, 6) is -0.178. The van der Waals surface area contributed by atoms with Crippen molar-refractivity contribution in [3.8, 4) is 0 Å². The molecule has 18 heavy (non-hydrogen) atoms. The molecule has 6 heteroatoms. The van der Waals surface area contributed by atoms with Crippen LogP contribution in [0.15, 0.2) is 30.3 Å². The number of hydrogen-bond donors (Lipinski definition) is 0. The molecule has 0 radical (unpaired) electrons. The second-order valence-electron chi connectivity index (χ2n) is 3.78. The number of rotatable bonds is 8. The summed E-state index contributed by atoms with van der Waals surface area (Å²) in [6.07, 6.45) is -0.00782. The van der Waals surface area contributed by atoms with Crippen LogP contribution in [-0.2, 0) is 18.5 Å². The van der Waals surface area contributed by atoms with E-state index in [2.05, 4.69) is 0 Å². The molecule has 0 spiro atoms. The summed E-state index contributed by atoms with van der Waals surface area (Å²) in [6, 6.07) is 9.84. The fourth-order valence-corrected chi connectivity index (χ4v) is 1.87. The summed E-state index contributed by atoms with van der Waals surface area (Å²) in [4.78, 5) is 0. The van der Waals surface area contributed by atoms with Crippen LogP contribution in [0.3, 0.4) is 0 Å². The average Bonchev–Trinajstić information content (AvgIpc) is 2.33. The molecule has 102 valence electrons. The predicted octanol–water partition coefficient (Wildman–Crippen LogP) is 2.35. The van der Waals surface area contributed by atoms with Gasteiger partial charge in [-0.05, 0) is 12.5 Å². The summed E-state index contributed by atoms with van der Waals surface area (Å²) < 4.78 is 31.9. The Balaban J connectivity index is 2.12. The average molecular weight is 293 g/mol. The van der Waals surface area contributed by atoms with E-state index < -0.39 is 9.05 Å². The van der Waals surface area contributed by atoms with Crippen LogP contribution in [0, 0.1) is 0 Å². The lowest BCUT2D eigenvalue weighted by atomic mass is 10.1. The normalized spacial score (nSPS) is 13.4. The Morgan fingerprint density at radius 3 is 2.44 bits per heavy atom. The van der Waals surface area contributed by atoms with Crippen molar-refractivity contribution in [3.63, 3.8) is 0 Å². The van der Waals surface area contributed by atoms with Crippen molar-refractivity contribution in [1.82, 2.24) is 0 Å². The van der Waals surface area contributed by atoms with Crippen molar-refractivity contribution in [1.29, 1.82) is 0 Å². The van der Waals surface area contributed by atoms with Gasteiger partial charge >= 0.3 is 0 Å². The van der Waals surface area contributed by atoms with Crippen LogP contribution < -0.4 is 0 Å². The quantitative estimate of drug-likeness (QED) is 0.545. The molecule has 0 saturated heterocycles. The first-order valence-corrected chi connectivity index (χ1v) is 8.13. The highest BCUT2D eigenvalue weighted by Gasteiger charge is 2.06. The SMILES string of the molecule is CC(OCCOCCS(=O)(=O)Cl)c1ccccc1. The van der Waals surface area contributed by atoms with Crippen LogP contribution in [-0.4, -0.2) is 34.0 Å². The second-order valence-corrected chi connectivity index (χ2v) is 6.68. The third-order valence-corrected chi connectivity index (χ3v) is 3.45. The van der Waals surface area contributed by atoms with Crippen LogP contribution in [0.25, 0.3) is 0 Å². The smallest absolute Gasteiger partial charge is 0.234 e. The fourth-order valence-electron chi connectivity index (χ4n) is 1.36. The summed E-state index contributed by atoms with van der Waals surface area (Å²) in [5.41, 5.74) is 1.10. The number of hydrogen-bond acceptors (Lipinski definition) is 4. The fraction of sp³-hybridized carbons (Fsp3) is 0.500. The molecule has 0 amide bonds. The minimum Gasteiger partial charge on any atom is -0.378 e. The molecule has 1 aromatic carbocycles. The molecule has 1 unspecified atom stereocenters. The Morgan fingerprint density at radius 2 is 1.83 bits per heavy atom. The lowest BCUT2D eigenvalue weighted by Crippen LogP contribution is -2.11. The molecule has 0 aliphatic heterocycles. The zero-order valence-electron chi connectivity index (χ0n) is 10.2. The molecule has 4 nitrogen and oxygen atoms in total. The van der Waals surface area contributed by atoms with Crippen LogP contribution in [0.2, 0.25) is 0 Å². The molecule has 0 aliphatic carbocycles. The zero-order valence-corrected chi connectivity index (χ0v) is 11.8. The Hall–Kier alpha value is -0.620. The van der Waals surface area contributed by atoms with Crippen molar-refractivity contribution < 1.29 is 17.9 Å². The van der Waals surface area contributed by atoms with Gasteiger partial charge in [-0.3, -0.25) is 0 Å². The molecule has 0 N–H and O–H groups in total. The van der Waals surface area contributed by atoms with Crippen LogP contribution in [0.1, 0.15) is 18.6 Å². The largest absolute Gasteiger partial charge is 0.378 e. The van der Waals surface area contributed by atoms with E-state index in [0.717, 1.165) is 5.56 Å². The van der Waals surface area contributed by atoms with Gasteiger partial charge in [-0.15, -0.1) is 0 Å². The van der Waals surface area contributed by atoms with Crippen LogP contribution in [0.5, 0.6) is 0 Å². The summed E-state index contributed by atoms with van der Waals surface area (Å²) in [7, 11) is 1.57. The third kappa shape index (κ3) is 6.96. The van der Waals surface area contributed by atoms with Crippen molar-refractivity contribution in [2.45, 2.75) is 13.0 Å². The molecule has 1 rings (SSSR count). The van der Waals surface area contributed by atoms with Gasteiger partial charge in [0, 0.05) is 10.7 Å². The highest BCUT2D eigenvalue weighted by atomic mass is 35.7. The molecule has 0 aliphatic rings. The van der Waals surface area contributed by atoms with Gasteiger partial charge in [0.15, 0.2) is 0 Å². The Kier molecular flexibility index (Phi) is 6.63. The third-order valence-electron chi connectivity index (χ3n) is 2.34. The second kappa shape index (κ2) is 7.74. The molecular formula is C12H17ClO4S. The number of benzene rings is 1. The van der Waals surface area contributed by atoms with Gasteiger partial charge < -0.3 is 9.47 Å². The molecule has 0 aromatic heterocycles. The van der Waals surface area contributed by atoms with E-state index in [1.54, 1.807) is 0 Å². The highest BCUT2D eigenvalue weighted by molar-refractivity contribution is 8.13. The van der Waals surface area contributed by atoms with Gasteiger partial charge in [0.05, 0.1) is 31.7 Å². The van der Waals surface area contributed by atoms with Crippen molar-refractivity contribution in [2.75, 3.05) is 25.6 Å². The van der Waals surface area contributed by atoms with Crippen molar-refractivity contribution >= 4 is 19.7 Å². The Bertz CT molecular complexity index is 433. The molecule has 1 aromatic rings. The first-order valence-electron chi connectivity index (χ1n) is 5.65. The van der Waals surface area contributed by atoms with Crippen molar-refractivity contribution in [3.05, 3.63) is 35.9 Å². The number of ether oxygens (including phenoxy) is 2. The maximum absolute atomic E-state index is 10.6. The van der Waals surface area contributed by atoms with E-state index in [1.165, 1.54) is 0 Å². The summed E-state index contributed by atoms with van der Waals surface area (Å²) >= 11 is 0. The summed E-state index contributed by atoms with van der Waals surface area (Å²) in [6.45, 7) is 2.81. The van der Waals surface area contributed by atoms with E-state index >= 15 is 0 Å². The lowest BCUT2D eigenvalue weighted by Gasteiger charge is -2.13. The topological polar surface area (TPSA) is 52.6 Å². The highest BCUT2D eigenvalue weighted by Crippen LogP contribution is 2.15. The van der Waals surface area contributed by atoms with Crippen LogP contribution in [0.4, 0.5) is 0 Å². The predicted molar refractivity (Wildman–Crippen MR) is 71.3 cm³/mol. The van der Waals surface area contributed by atoms with E-state index in [1.807, 2.05) is 37.3 Å². The van der Waals surface area contributed by atoms with E-state index in [4.69, 9.17) is 20.2 Å². The molecule has 0 fully saturated rings. The van der Waals surface area contributed by atoms with Gasteiger partial charge in [0.25, 0.3) is 0 Å². The van der Waals surface area contributed by atoms with Gasteiger partial charge in [0.2, 0.25) is 9.05 Å². The monoisotopic (exact) mass is 292 g/mol. The molecule has 0 bridgehead atoms. The van der Waals surface area contributed by atoms with Gasteiger partial charge in [-0.1, -0.05) is 30.3 Å². The maximum atomic E-state index is 10.6. The molecule has 0 saturated carbocycles. The van der Waals surface area contributed by atoms with E-state index in [-0.39, 0.29) is 18.5 Å². The van der Waals surface area contributed by atoms with E-state index in [9.17, 15) is 8.42 Å². The minimum atomic E-state index is -3.46. The standard InChI is InChI=1S/C12H17ClO4S/c1-11(12-5-3-2-4-6-12)17-8-7-16-9-10-18(13,14)15/h2-6,11H,7-10H2,1H3. The minimum absolute atomic E-state index is 0.00782. The molecule has 1 atom stereocenters.